The number of carboxylic acid groups (broad SMARTS) is 1. The van der Waals surface area contributed by atoms with Gasteiger partial charge >= 0.3 is 12.1 Å². The van der Waals surface area contributed by atoms with Crippen LogP contribution in [0.3, 0.4) is 0 Å². The Bertz CT molecular complexity index is 706. The topological polar surface area (TPSA) is 86.7 Å². The number of rotatable bonds is 8. The minimum absolute atomic E-state index is 0.0138. The molecule has 1 heterocycles. The molecule has 9 heteroatoms. The van der Waals surface area contributed by atoms with Gasteiger partial charge < -0.3 is 15.3 Å². The van der Waals surface area contributed by atoms with Gasteiger partial charge in [0.25, 0.3) is 0 Å². The summed E-state index contributed by atoms with van der Waals surface area (Å²) in [6.45, 7) is 0.492. The van der Waals surface area contributed by atoms with Crippen molar-refractivity contribution in [3.63, 3.8) is 0 Å². The zero-order valence-corrected chi connectivity index (χ0v) is 14.6. The molecule has 6 nitrogen and oxygen atoms in total. The number of carbonyl (C=O) groups is 3. The van der Waals surface area contributed by atoms with Crippen LogP contribution in [-0.2, 0) is 27.1 Å². The largest absolute Gasteiger partial charge is 0.481 e. The molecular formula is C18H21F3N2O4. The Hall–Kier alpha value is -2.58. The van der Waals surface area contributed by atoms with Crippen LogP contribution in [0.5, 0.6) is 0 Å². The number of benzene rings is 1. The molecular weight excluding hydrogens is 365 g/mol. The van der Waals surface area contributed by atoms with Gasteiger partial charge in [-0.3, -0.25) is 14.4 Å². The van der Waals surface area contributed by atoms with Gasteiger partial charge in [0.05, 0.1) is 11.5 Å². The number of aliphatic carboxylic acids is 1. The lowest BCUT2D eigenvalue weighted by atomic mass is 10.1. The highest BCUT2D eigenvalue weighted by atomic mass is 19.4. The normalized spacial score (nSPS) is 17.2. The van der Waals surface area contributed by atoms with E-state index in [1.807, 2.05) is 0 Å². The molecule has 2 N–H and O–H groups in total. The van der Waals surface area contributed by atoms with Crippen molar-refractivity contribution in [2.75, 3.05) is 13.1 Å². The van der Waals surface area contributed by atoms with Gasteiger partial charge in [-0.1, -0.05) is 12.1 Å². The third-order valence-corrected chi connectivity index (χ3v) is 4.33. The first kappa shape index (κ1) is 20.7. The molecule has 2 rings (SSSR count). The number of carbonyl (C=O) groups excluding carboxylic acids is 2. The van der Waals surface area contributed by atoms with E-state index in [9.17, 15) is 27.6 Å². The zero-order valence-electron chi connectivity index (χ0n) is 14.6. The summed E-state index contributed by atoms with van der Waals surface area (Å²) in [4.78, 5) is 36.0. The average Bonchev–Trinajstić information content (AvgIpc) is 2.94. The molecule has 27 heavy (non-hydrogen) atoms. The standard InChI is InChI=1S/C18H21F3N2O4/c19-18(20,21)14-5-3-4-12(8-14)10-23-11-13(9-15(23)24)17(27)22-7-2-1-6-16(25)26/h3-5,8,13H,1-2,6-7,9-11H2,(H,22,27)(H,25,26). The van der Waals surface area contributed by atoms with E-state index in [0.717, 1.165) is 12.1 Å². The lowest BCUT2D eigenvalue weighted by Crippen LogP contribution is -2.33. The maximum absolute atomic E-state index is 12.8. The summed E-state index contributed by atoms with van der Waals surface area (Å²) in [5.74, 6) is -2.03. The summed E-state index contributed by atoms with van der Waals surface area (Å²) in [5, 5.41) is 11.2. The molecule has 1 aromatic carbocycles. The Morgan fingerprint density at radius 1 is 1.26 bits per heavy atom. The van der Waals surface area contributed by atoms with E-state index >= 15 is 0 Å². The van der Waals surface area contributed by atoms with Crippen molar-refractivity contribution in [1.82, 2.24) is 10.2 Å². The smallest absolute Gasteiger partial charge is 0.416 e. The summed E-state index contributed by atoms with van der Waals surface area (Å²) in [5.41, 5.74) is -0.421. The van der Waals surface area contributed by atoms with Crippen LogP contribution >= 0.6 is 0 Å². The average molecular weight is 386 g/mol. The second kappa shape index (κ2) is 8.88. The van der Waals surface area contributed by atoms with Gasteiger partial charge in [-0.05, 0) is 30.5 Å². The maximum atomic E-state index is 12.8. The number of hydrogen-bond acceptors (Lipinski definition) is 3. The molecule has 148 valence electrons. The van der Waals surface area contributed by atoms with Gasteiger partial charge in [0.15, 0.2) is 0 Å². The van der Waals surface area contributed by atoms with Crippen LogP contribution in [0, 0.1) is 5.92 Å². The highest BCUT2D eigenvalue weighted by Gasteiger charge is 2.35. The lowest BCUT2D eigenvalue weighted by molar-refractivity contribution is -0.138. The summed E-state index contributed by atoms with van der Waals surface area (Å²) < 4.78 is 38.3. The van der Waals surface area contributed by atoms with Crippen molar-refractivity contribution < 1.29 is 32.7 Å². The van der Waals surface area contributed by atoms with Crippen molar-refractivity contribution in [3.8, 4) is 0 Å². The number of halogens is 3. The second-order valence-corrected chi connectivity index (χ2v) is 6.52. The van der Waals surface area contributed by atoms with Gasteiger partial charge in [-0.2, -0.15) is 13.2 Å². The Morgan fingerprint density at radius 2 is 2.00 bits per heavy atom. The van der Waals surface area contributed by atoms with Crippen LogP contribution in [0.2, 0.25) is 0 Å². The molecule has 1 aliphatic rings. The molecule has 2 amide bonds. The van der Waals surface area contributed by atoms with Crippen LogP contribution in [0.25, 0.3) is 0 Å². The van der Waals surface area contributed by atoms with Crippen LogP contribution < -0.4 is 5.32 Å². The van der Waals surface area contributed by atoms with E-state index < -0.39 is 23.6 Å². The summed E-state index contributed by atoms with van der Waals surface area (Å²) >= 11 is 0. The van der Waals surface area contributed by atoms with Crippen LogP contribution in [-0.4, -0.2) is 40.9 Å². The van der Waals surface area contributed by atoms with Crippen LogP contribution in [0.15, 0.2) is 24.3 Å². The highest BCUT2D eigenvalue weighted by molar-refractivity contribution is 5.89. The second-order valence-electron chi connectivity index (χ2n) is 6.52. The molecule has 1 fully saturated rings. The van der Waals surface area contributed by atoms with Gasteiger partial charge in [-0.15, -0.1) is 0 Å². The number of nitrogens with zero attached hydrogens (tertiary/aromatic N) is 1. The maximum Gasteiger partial charge on any atom is 0.416 e. The molecule has 0 saturated carbocycles. The number of alkyl halides is 3. The van der Waals surface area contributed by atoms with Gasteiger partial charge in [-0.25, -0.2) is 0 Å². The number of hydrogen-bond donors (Lipinski definition) is 2. The first-order valence-corrected chi connectivity index (χ1v) is 8.60. The predicted octanol–water partition coefficient (Wildman–Crippen LogP) is 2.42. The SMILES string of the molecule is O=C(O)CCCCNC(=O)C1CC(=O)N(Cc2cccc(C(F)(F)F)c2)C1. The fraction of sp³-hybridized carbons (Fsp3) is 0.500. The van der Waals surface area contributed by atoms with Gasteiger partial charge in [0.2, 0.25) is 11.8 Å². The van der Waals surface area contributed by atoms with Crippen LogP contribution in [0.4, 0.5) is 13.2 Å². The number of nitrogens with one attached hydrogen (secondary N) is 1. The molecule has 0 bridgehead atoms. The Balaban J connectivity index is 1.84. The zero-order chi connectivity index (χ0) is 20.0. The Morgan fingerprint density at radius 3 is 2.67 bits per heavy atom. The predicted molar refractivity (Wildman–Crippen MR) is 89.5 cm³/mol. The third-order valence-electron chi connectivity index (χ3n) is 4.33. The monoisotopic (exact) mass is 386 g/mol. The molecule has 1 saturated heterocycles. The fourth-order valence-corrected chi connectivity index (χ4v) is 2.92. The van der Waals surface area contributed by atoms with Crippen molar-refractivity contribution in [1.29, 1.82) is 0 Å². The minimum Gasteiger partial charge on any atom is -0.481 e. The number of carboxylic acids is 1. The minimum atomic E-state index is -4.45. The number of unbranched alkanes of at least 4 members (excludes halogenated alkanes) is 1. The molecule has 1 aliphatic heterocycles. The van der Waals surface area contributed by atoms with Gasteiger partial charge in [0, 0.05) is 32.5 Å². The molecule has 0 aromatic heterocycles. The molecule has 1 aromatic rings. The quantitative estimate of drug-likeness (QED) is 0.672. The number of likely N-dealkylation sites (tertiary alicyclic amines) is 1. The van der Waals surface area contributed by atoms with E-state index in [0.29, 0.717) is 24.9 Å². The van der Waals surface area contributed by atoms with Crippen molar-refractivity contribution in [2.45, 2.75) is 38.4 Å². The Labute approximate surface area is 154 Å². The third kappa shape index (κ3) is 6.26. The highest BCUT2D eigenvalue weighted by Crippen LogP contribution is 2.30. The molecule has 0 radical (unpaired) electrons. The van der Waals surface area contributed by atoms with Crippen molar-refractivity contribution in [2.24, 2.45) is 5.92 Å². The first-order valence-electron chi connectivity index (χ1n) is 8.60. The van der Waals surface area contributed by atoms with Crippen molar-refractivity contribution in [3.05, 3.63) is 35.4 Å². The van der Waals surface area contributed by atoms with E-state index in [1.54, 1.807) is 0 Å². The van der Waals surface area contributed by atoms with E-state index in [4.69, 9.17) is 5.11 Å². The van der Waals surface area contributed by atoms with E-state index in [1.165, 1.54) is 17.0 Å². The first-order chi connectivity index (χ1) is 12.7. The number of amides is 2. The van der Waals surface area contributed by atoms with Crippen LogP contribution in [0.1, 0.15) is 36.8 Å². The molecule has 1 atom stereocenters. The van der Waals surface area contributed by atoms with Crippen molar-refractivity contribution >= 4 is 17.8 Å². The van der Waals surface area contributed by atoms with E-state index in [-0.39, 0.29) is 37.7 Å². The fourth-order valence-electron chi connectivity index (χ4n) is 2.92. The lowest BCUT2D eigenvalue weighted by Gasteiger charge is -2.17. The van der Waals surface area contributed by atoms with Gasteiger partial charge in [0.1, 0.15) is 0 Å². The summed E-state index contributed by atoms with van der Waals surface area (Å²) in [7, 11) is 0. The summed E-state index contributed by atoms with van der Waals surface area (Å²) in [6.07, 6.45) is -3.44. The molecule has 0 spiro atoms. The van der Waals surface area contributed by atoms with E-state index in [2.05, 4.69) is 5.32 Å². The Kier molecular flexibility index (Phi) is 6.81. The molecule has 1 unspecified atom stereocenters. The molecule has 0 aliphatic carbocycles. The summed E-state index contributed by atoms with van der Waals surface area (Å²) in [6, 6.07) is 4.78.